The molecule has 1 amide bonds. The van der Waals surface area contributed by atoms with E-state index in [9.17, 15) is 9.59 Å². The van der Waals surface area contributed by atoms with E-state index in [0.29, 0.717) is 22.4 Å². The highest BCUT2D eigenvalue weighted by molar-refractivity contribution is 6.06. The summed E-state index contributed by atoms with van der Waals surface area (Å²) in [5, 5.41) is 7.12. The van der Waals surface area contributed by atoms with Crippen LogP contribution in [-0.2, 0) is 4.79 Å². The molecule has 0 aliphatic rings. The van der Waals surface area contributed by atoms with Crippen LogP contribution < -0.4 is 5.32 Å². The number of ketones is 1. The number of hydrogen-bond donors (Lipinski definition) is 1. The van der Waals surface area contributed by atoms with Crippen LogP contribution in [0.5, 0.6) is 0 Å². The number of nitrogens with zero attached hydrogens (tertiary/aromatic N) is 1. The lowest BCUT2D eigenvalue weighted by Crippen LogP contribution is -2.08. The summed E-state index contributed by atoms with van der Waals surface area (Å²) in [7, 11) is 0. The second kappa shape index (κ2) is 4.60. The Balaban J connectivity index is 2.43. The largest absolute Gasteiger partial charge is 0.355 e. The van der Waals surface area contributed by atoms with Gasteiger partial charge in [0, 0.05) is 24.6 Å². The number of fused-ring (bicyclic) bond motifs is 1. The number of amides is 1. The normalized spacial score (nSPS) is 10.9. The van der Waals surface area contributed by atoms with Gasteiger partial charge in [-0.15, -0.1) is 0 Å². The molecule has 5 heteroatoms. The van der Waals surface area contributed by atoms with Gasteiger partial charge in [0.25, 0.3) is 0 Å². The monoisotopic (exact) mass is 246 g/mol. The molecule has 0 aliphatic carbocycles. The fraction of sp³-hybridized carbons (Fsp3) is 0.308. The Bertz CT molecular complexity index is 614. The second-order valence-corrected chi connectivity index (χ2v) is 4.44. The van der Waals surface area contributed by atoms with E-state index in [1.165, 1.54) is 6.92 Å². The van der Waals surface area contributed by atoms with Crippen molar-refractivity contribution in [2.24, 2.45) is 5.92 Å². The van der Waals surface area contributed by atoms with Gasteiger partial charge in [-0.25, -0.2) is 0 Å². The van der Waals surface area contributed by atoms with E-state index in [4.69, 9.17) is 4.52 Å². The Hall–Kier alpha value is -2.17. The van der Waals surface area contributed by atoms with Crippen molar-refractivity contribution in [3.8, 4) is 0 Å². The third-order valence-corrected chi connectivity index (χ3v) is 2.55. The standard InChI is InChI=1S/C13H14N2O3/c1-7(2)13(17)12-10-5-4-9(14-8(3)16)6-11(10)18-15-12/h4-7H,1-3H3,(H,14,16). The van der Waals surface area contributed by atoms with Crippen molar-refractivity contribution in [1.82, 2.24) is 5.16 Å². The molecular weight excluding hydrogens is 232 g/mol. The van der Waals surface area contributed by atoms with Gasteiger partial charge in [0.1, 0.15) is 0 Å². The molecule has 0 fully saturated rings. The van der Waals surface area contributed by atoms with Crippen molar-refractivity contribution in [2.75, 3.05) is 5.32 Å². The molecular formula is C13H14N2O3. The van der Waals surface area contributed by atoms with E-state index < -0.39 is 0 Å². The van der Waals surface area contributed by atoms with Crippen molar-refractivity contribution < 1.29 is 14.1 Å². The van der Waals surface area contributed by atoms with E-state index in [1.807, 2.05) is 13.8 Å². The summed E-state index contributed by atoms with van der Waals surface area (Å²) in [6, 6.07) is 5.10. The molecule has 2 aromatic rings. The Kier molecular flexibility index (Phi) is 3.14. The van der Waals surface area contributed by atoms with Crippen LogP contribution in [0.1, 0.15) is 31.3 Å². The quantitative estimate of drug-likeness (QED) is 0.845. The highest BCUT2D eigenvalue weighted by atomic mass is 16.5. The molecule has 1 aromatic heterocycles. The first kappa shape index (κ1) is 12.3. The molecule has 0 spiro atoms. The summed E-state index contributed by atoms with van der Waals surface area (Å²) in [6.45, 7) is 5.06. The number of carbonyl (C=O) groups excluding carboxylic acids is 2. The number of rotatable bonds is 3. The predicted molar refractivity (Wildman–Crippen MR) is 67.5 cm³/mol. The Morgan fingerprint density at radius 1 is 1.33 bits per heavy atom. The number of carbonyl (C=O) groups is 2. The van der Waals surface area contributed by atoms with Gasteiger partial charge in [0.2, 0.25) is 5.91 Å². The number of anilines is 1. The van der Waals surface area contributed by atoms with Crippen molar-refractivity contribution in [1.29, 1.82) is 0 Å². The molecule has 2 rings (SSSR count). The Labute approximate surface area is 104 Å². The lowest BCUT2D eigenvalue weighted by molar-refractivity contribution is -0.114. The molecule has 94 valence electrons. The molecule has 0 radical (unpaired) electrons. The fourth-order valence-electron chi connectivity index (χ4n) is 1.67. The van der Waals surface area contributed by atoms with Crippen LogP contribution in [0.4, 0.5) is 5.69 Å². The highest BCUT2D eigenvalue weighted by Gasteiger charge is 2.18. The zero-order valence-corrected chi connectivity index (χ0v) is 10.5. The van der Waals surface area contributed by atoms with Crippen LogP contribution in [-0.4, -0.2) is 16.8 Å². The van der Waals surface area contributed by atoms with E-state index >= 15 is 0 Å². The van der Waals surface area contributed by atoms with E-state index in [-0.39, 0.29) is 17.6 Å². The molecule has 1 N–H and O–H groups in total. The molecule has 0 saturated heterocycles. The zero-order chi connectivity index (χ0) is 13.3. The van der Waals surface area contributed by atoms with Crippen molar-refractivity contribution in [3.63, 3.8) is 0 Å². The van der Waals surface area contributed by atoms with Gasteiger partial charge in [-0.2, -0.15) is 0 Å². The van der Waals surface area contributed by atoms with Gasteiger partial charge >= 0.3 is 0 Å². The molecule has 5 nitrogen and oxygen atoms in total. The predicted octanol–water partition coefficient (Wildman–Crippen LogP) is 2.62. The van der Waals surface area contributed by atoms with Gasteiger partial charge in [-0.1, -0.05) is 19.0 Å². The summed E-state index contributed by atoms with van der Waals surface area (Å²) in [4.78, 5) is 22.8. The Morgan fingerprint density at radius 3 is 2.67 bits per heavy atom. The van der Waals surface area contributed by atoms with Gasteiger partial charge in [0.05, 0.1) is 5.39 Å². The number of aromatic nitrogens is 1. The minimum atomic E-state index is -0.160. The molecule has 0 saturated carbocycles. The highest BCUT2D eigenvalue weighted by Crippen LogP contribution is 2.24. The van der Waals surface area contributed by atoms with Crippen LogP contribution in [0.15, 0.2) is 22.7 Å². The molecule has 0 unspecified atom stereocenters. The third-order valence-electron chi connectivity index (χ3n) is 2.55. The minimum Gasteiger partial charge on any atom is -0.355 e. The SMILES string of the molecule is CC(=O)Nc1ccc2c(C(=O)C(C)C)noc2c1. The molecule has 0 aliphatic heterocycles. The van der Waals surface area contributed by atoms with Gasteiger partial charge in [-0.3, -0.25) is 9.59 Å². The van der Waals surface area contributed by atoms with E-state index in [1.54, 1.807) is 18.2 Å². The van der Waals surface area contributed by atoms with Gasteiger partial charge in [-0.05, 0) is 12.1 Å². The van der Waals surface area contributed by atoms with Crippen LogP contribution in [0.2, 0.25) is 0 Å². The van der Waals surface area contributed by atoms with Crippen LogP contribution in [0.25, 0.3) is 11.0 Å². The first-order chi connectivity index (χ1) is 8.49. The summed E-state index contributed by atoms with van der Waals surface area (Å²) >= 11 is 0. The first-order valence-corrected chi connectivity index (χ1v) is 5.70. The maximum atomic E-state index is 11.9. The Morgan fingerprint density at radius 2 is 2.06 bits per heavy atom. The van der Waals surface area contributed by atoms with E-state index in [0.717, 1.165) is 0 Å². The number of hydrogen-bond acceptors (Lipinski definition) is 4. The summed E-state index contributed by atoms with van der Waals surface area (Å²) in [5.41, 5.74) is 1.45. The fourth-order valence-corrected chi connectivity index (χ4v) is 1.67. The first-order valence-electron chi connectivity index (χ1n) is 5.70. The number of benzene rings is 1. The molecule has 0 atom stereocenters. The maximum absolute atomic E-state index is 11.9. The summed E-state index contributed by atoms with van der Waals surface area (Å²) in [5.74, 6) is -0.346. The minimum absolute atomic E-state index is 0.0546. The van der Waals surface area contributed by atoms with Crippen LogP contribution in [0, 0.1) is 5.92 Å². The summed E-state index contributed by atoms with van der Waals surface area (Å²) in [6.07, 6.45) is 0. The number of nitrogens with one attached hydrogen (secondary N) is 1. The average molecular weight is 246 g/mol. The summed E-state index contributed by atoms with van der Waals surface area (Å²) < 4.78 is 5.12. The van der Waals surface area contributed by atoms with E-state index in [2.05, 4.69) is 10.5 Å². The average Bonchev–Trinajstić information content (AvgIpc) is 2.69. The molecule has 0 bridgehead atoms. The van der Waals surface area contributed by atoms with Crippen molar-refractivity contribution in [2.45, 2.75) is 20.8 Å². The smallest absolute Gasteiger partial charge is 0.221 e. The molecule has 1 aromatic carbocycles. The van der Waals surface area contributed by atoms with Gasteiger partial charge < -0.3 is 9.84 Å². The lowest BCUT2D eigenvalue weighted by Gasteiger charge is -2.01. The molecule has 1 heterocycles. The topological polar surface area (TPSA) is 72.2 Å². The zero-order valence-electron chi connectivity index (χ0n) is 10.5. The van der Waals surface area contributed by atoms with Crippen LogP contribution in [0.3, 0.4) is 0 Å². The van der Waals surface area contributed by atoms with Gasteiger partial charge in [0.15, 0.2) is 17.1 Å². The van der Waals surface area contributed by atoms with Crippen molar-refractivity contribution in [3.05, 3.63) is 23.9 Å². The van der Waals surface area contributed by atoms with Crippen molar-refractivity contribution >= 4 is 28.3 Å². The lowest BCUT2D eigenvalue weighted by atomic mass is 10.0. The number of Topliss-reactive ketones (excluding diaryl/α,β-unsaturated/α-hetero) is 1. The third kappa shape index (κ3) is 2.25. The second-order valence-electron chi connectivity index (χ2n) is 4.44. The van der Waals surface area contributed by atoms with Crippen LogP contribution >= 0.6 is 0 Å². The maximum Gasteiger partial charge on any atom is 0.221 e. The molecule has 18 heavy (non-hydrogen) atoms.